The van der Waals surface area contributed by atoms with Crippen molar-refractivity contribution in [1.82, 2.24) is 9.80 Å². The highest BCUT2D eigenvalue weighted by Crippen LogP contribution is 2.42. The Morgan fingerprint density at radius 3 is 2.42 bits per heavy atom. The van der Waals surface area contributed by atoms with Crippen LogP contribution in [0.25, 0.3) is 5.76 Å². The third-order valence-corrected chi connectivity index (χ3v) is 5.45. The molecule has 0 radical (unpaired) electrons. The van der Waals surface area contributed by atoms with Crippen LogP contribution in [-0.4, -0.2) is 68.0 Å². The number of amides is 1. The summed E-state index contributed by atoms with van der Waals surface area (Å²) in [5, 5.41) is 11.2. The molecule has 3 rings (SSSR count). The van der Waals surface area contributed by atoms with Crippen LogP contribution in [0.3, 0.4) is 0 Å². The summed E-state index contributed by atoms with van der Waals surface area (Å²) >= 11 is 0. The Balaban J connectivity index is 2.21. The van der Waals surface area contributed by atoms with Crippen LogP contribution in [0.15, 0.2) is 48.0 Å². The number of methoxy groups -OCH3 is 2. The molecule has 2 aromatic carbocycles. The molecule has 31 heavy (non-hydrogen) atoms. The zero-order chi connectivity index (χ0) is 22.7. The zero-order valence-corrected chi connectivity index (χ0v) is 18.5. The molecular weight excluding hydrogens is 396 g/mol. The summed E-state index contributed by atoms with van der Waals surface area (Å²) < 4.78 is 10.7. The molecule has 1 fully saturated rings. The van der Waals surface area contributed by atoms with E-state index in [0.717, 1.165) is 5.56 Å². The van der Waals surface area contributed by atoms with Gasteiger partial charge < -0.3 is 24.4 Å². The Kier molecular flexibility index (Phi) is 6.65. The van der Waals surface area contributed by atoms with Crippen molar-refractivity contribution in [2.45, 2.75) is 13.0 Å². The second-order valence-electron chi connectivity index (χ2n) is 7.72. The summed E-state index contributed by atoms with van der Waals surface area (Å²) in [6.45, 7) is 2.72. The van der Waals surface area contributed by atoms with Gasteiger partial charge in [0.25, 0.3) is 11.7 Å². The minimum Gasteiger partial charge on any atom is -0.507 e. The van der Waals surface area contributed by atoms with Gasteiger partial charge in [-0.05, 0) is 50.8 Å². The van der Waals surface area contributed by atoms with Crippen molar-refractivity contribution in [3.8, 4) is 11.5 Å². The molecule has 0 saturated carbocycles. The Hall–Kier alpha value is -3.32. The molecule has 164 valence electrons. The number of likely N-dealkylation sites (N-methyl/N-ethyl adjacent to an activating group) is 1. The fraction of sp³-hybridized carbons (Fsp3) is 0.333. The molecule has 1 aliphatic rings. The van der Waals surface area contributed by atoms with Crippen LogP contribution in [0, 0.1) is 6.92 Å². The van der Waals surface area contributed by atoms with Gasteiger partial charge in [-0.15, -0.1) is 0 Å². The first-order valence-electron chi connectivity index (χ1n) is 10.0. The lowest BCUT2D eigenvalue weighted by atomic mass is 9.93. The first-order valence-corrected chi connectivity index (χ1v) is 10.0. The van der Waals surface area contributed by atoms with Gasteiger partial charge in [0, 0.05) is 24.2 Å². The van der Waals surface area contributed by atoms with Crippen molar-refractivity contribution >= 4 is 17.4 Å². The van der Waals surface area contributed by atoms with E-state index in [-0.39, 0.29) is 11.3 Å². The first-order chi connectivity index (χ1) is 14.8. The van der Waals surface area contributed by atoms with E-state index in [1.54, 1.807) is 38.5 Å². The second kappa shape index (κ2) is 9.22. The third-order valence-electron chi connectivity index (χ3n) is 5.45. The van der Waals surface area contributed by atoms with Crippen LogP contribution < -0.4 is 9.47 Å². The topological polar surface area (TPSA) is 79.3 Å². The molecule has 7 nitrogen and oxygen atoms in total. The van der Waals surface area contributed by atoms with Gasteiger partial charge in [-0.1, -0.05) is 18.2 Å². The van der Waals surface area contributed by atoms with E-state index >= 15 is 0 Å². The van der Waals surface area contributed by atoms with Crippen LogP contribution in [0.4, 0.5) is 0 Å². The smallest absolute Gasteiger partial charge is 0.295 e. The van der Waals surface area contributed by atoms with Gasteiger partial charge in [0.2, 0.25) is 0 Å². The lowest BCUT2D eigenvalue weighted by Gasteiger charge is -2.27. The molecule has 0 aromatic heterocycles. The van der Waals surface area contributed by atoms with E-state index in [9.17, 15) is 14.7 Å². The minimum atomic E-state index is -0.752. The maximum atomic E-state index is 13.1. The van der Waals surface area contributed by atoms with Gasteiger partial charge in [0.1, 0.15) is 17.3 Å². The Bertz CT molecular complexity index is 1030. The number of carbonyl (C=O) groups excluding carboxylic acids is 2. The van der Waals surface area contributed by atoms with Crippen molar-refractivity contribution in [3.63, 3.8) is 0 Å². The lowest BCUT2D eigenvalue weighted by molar-refractivity contribution is -0.140. The van der Waals surface area contributed by atoms with Crippen LogP contribution >= 0.6 is 0 Å². The summed E-state index contributed by atoms with van der Waals surface area (Å²) in [5.41, 5.74) is 1.92. The van der Waals surface area contributed by atoms with Gasteiger partial charge in [-0.3, -0.25) is 9.59 Å². The highest BCUT2D eigenvalue weighted by molar-refractivity contribution is 6.46. The number of hydrogen-bond acceptors (Lipinski definition) is 6. The van der Waals surface area contributed by atoms with Crippen molar-refractivity contribution in [3.05, 3.63) is 64.7 Å². The van der Waals surface area contributed by atoms with E-state index in [1.807, 2.05) is 44.1 Å². The van der Waals surface area contributed by atoms with Crippen LogP contribution in [0.2, 0.25) is 0 Å². The number of aliphatic hydroxyl groups excluding tert-OH is 1. The van der Waals surface area contributed by atoms with E-state index in [4.69, 9.17) is 9.47 Å². The predicted octanol–water partition coefficient (Wildman–Crippen LogP) is 3.00. The molecule has 1 heterocycles. The summed E-state index contributed by atoms with van der Waals surface area (Å²) in [6.07, 6.45) is 0. The number of ketones is 1. The van der Waals surface area contributed by atoms with Crippen molar-refractivity contribution in [1.29, 1.82) is 0 Å². The summed E-state index contributed by atoms with van der Waals surface area (Å²) in [5.74, 6) is -0.363. The number of aliphatic hydroxyl groups is 1. The van der Waals surface area contributed by atoms with Crippen molar-refractivity contribution < 1.29 is 24.2 Å². The predicted molar refractivity (Wildman–Crippen MR) is 118 cm³/mol. The molecule has 0 aliphatic carbocycles. The molecule has 7 heteroatoms. The highest BCUT2D eigenvalue weighted by Gasteiger charge is 2.46. The quantitative estimate of drug-likeness (QED) is 0.418. The third kappa shape index (κ3) is 4.27. The molecule has 1 amide bonds. The standard InChI is InChI=1S/C24H28N2O5/c1-15-14-16(30-4)10-11-17(15)22(27)20-21(18-8-6-7-9-19(18)31-5)26(13-12-25(2)3)24(29)23(20)28/h6-11,14,21,27H,12-13H2,1-5H3/b22-20+/t21-/m0/s1. The lowest BCUT2D eigenvalue weighted by Crippen LogP contribution is -2.35. The van der Waals surface area contributed by atoms with E-state index < -0.39 is 17.7 Å². The minimum absolute atomic E-state index is 0.0570. The van der Waals surface area contributed by atoms with Crippen LogP contribution in [0.1, 0.15) is 22.7 Å². The van der Waals surface area contributed by atoms with E-state index in [1.165, 1.54) is 4.90 Å². The number of para-hydroxylation sites is 1. The average molecular weight is 424 g/mol. The molecular formula is C24H28N2O5. The molecule has 2 aromatic rings. The number of rotatable bonds is 7. The van der Waals surface area contributed by atoms with Crippen LogP contribution in [0.5, 0.6) is 11.5 Å². The van der Waals surface area contributed by atoms with E-state index in [0.29, 0.717) is 35.7 Å². The Morgan fingerprint density at radius 1 is 1.10 bits per heavy atom. The largest absolute Gasteiger partial charge is 0.507 e. The molecule has 1 N–H and O–H groups in total. The van der Waals surface area contributed by atoms with Crippen molar-refractivity contribution in [2.75, 3.05) is 41.4 Å². The van der Waals surface area contributed by atoms with Crippen LogP contribution in [-0.2, 0) is 9.59 Å². The SMILES string of the molecule is COc1ccc(/C(O)=C2\C(=O)C(=O)N(CCN(C)C)[C@H]2c2ccccc2OC)c(C)c1. The second-order valence-corrected chi connectivity index (χ2v) is 7.72. The monoisotopic (exact) mass is 424 g/mol. The molecule has 0 unspecified atom stereocenters. The van der Waals surface area contributed by atoms with Gasteiger partial charge in [-0.2, -0.15) is 0 Å². The molecule has 1 aliphatic heterocycles. The maximum Gasteiger partial charge on any atom is 0.295 e. The average Bonchev–Trinajstić information content (AvgIpc) is 3.01. The number of hydrogen-bond donors (Lipinski definition) is 1. The normalized spacial score (nSPS) is 18.0. The zero-order valence-electron chi connectivity index (χ0n) is 18.5. The first kappa shape index (κ1) is 22.4. The number of likely N-dealkylation sites (tertiary alicyclic amines) is 1. The number of aryl methyl sites for hydroxylation is 1. The summed E-state index contributed by atoms with van der Waals surface area (Å²) in [7, 11) is 6.90. The molecule has 0 spiro atoms. The Labute approximate surface area is 182 Å². The van der Waals surface area contributed by atoms with Gasteiger partial charge >= 0.3 is 0 Å². The maximum absolute atomic E-state index is 13.1. The van der Waals surface area contributed by atoms with Gasteiger partial charge in [0.15, 0.2) is 0 Å². The fourth-order valence-corrected chi connectivity index (χ4v) is 3.81. The summed E-state index contributed by atoms with van der Waals surface area (Å²) in [4.78, 5) is 29.5. The number of Topliss-reactive ketones (excluding diaryl/α,β-unsaturated/α-hetero) is 1. The number of benzene rings is 2. The Morgan fingerprint density at radius 2 is 1.81 bits per heavy atom. The molecule has 0 bridgehead atoms. The number of carbonyl (C=O) groups is 2. The fourth-order valence-electron chi connectivity index (χ4n) is 3.81. The molecule has 1 atom stereocenters. The van der Waals surface area contributed by atoms with E-state index in [2.05, 4.69) is 0 Å². The summed E-state index contributed by atoms with van der Waals surface area (Å²) in [6, 6.07) is 11.7. The number of nitrogens with zero attached hydrogens (tertiary/aromatic N) is 2. The van der Waals surface area contributed by atoms with Crippen molar-refractivity contribution in [2.24, 2.45) is 0 Å². The number of ether oxygens (including phenoxy) is 2. The molecule has 1 saturated heterocycles. The highest BCUT2D eigenvalue weighted by atomic mass is 16.5. The van der Waals surface area contributed by atoms with Gasteiger partial charge in [0.05, 0.1) is 25.8 Å². The van der Waals surface area contributed by atoms with Gasteiger partial charge in [-0.25, -0.2) is 0 Å².